The van der Waals surface area contributed by atoms with Crippen LogP contribution in [0.15, 0.2) is 22.7 Å². The first-order chi connectivity index (χ1) is 16.8. The molecule has 8 nitrogen and oxygen atoms in total. The highest BCUT2D eigenvalue weighted by Crippen LogP contribution is 2.37. The first kappa shape index (κ1) is 24.4. The van der Waals surface area contributed by atoms with Crippen LogP contribution in [0.5, 0.6) is 0 Å². The molecule has 3 fully saturated rings. The number of aromatic nitrogens is 2. The minimum atomic E-state index is -0.173. The van der Waals surface area contributed by atoms with Crippen molar-refractivity contribution in [1.82, 2.24) is 19.9 Å². The molecule has 5 rings (SSSR count). The zero-order chi connectivity index (χ0) is 24.6. The number of carbonyl (C=O) groups is 1. The normalized spacial score (nSPS) is 20.9. The second kappa shape index (κ2) is 9.97. The summed E-state index contributed by atoms with van der Waals surface area (Å²) in [6.45, 7) is 11.8. The molecule has 2 aromatic rings. The molecule has 3 aliphatic rings. The zero-order valence-corrected chi connectivity index (χ0v) is 21.9. The van der Waals surface area contributed by atoms with Crippen molar-refractivity contribution >= 4 is 29.0 Å². The Balaban J connectivity index is 1.21. The van der Waals surface area contributed by atoms with Crippen LogP contribution in [-0.2, 0) is 11.8 Å². The largest absolute Gasteiger partial charge is 0.367 e. The number of carbonyl (C=O) groups excluding carboxylic acids is 1. The molecule has 0 atom stereocenters. The van der Waals surface area contributed by atoms with E-state index in [0.717, 1.165) is 68.8 Å². The molecule has 1 aromatic carbocycles. The Hall–Kier alpha value is -2.32. The lowest BCUT2D eigenvalue weighted by molar-refractivity contribution is 0.169. The number of amides is 2. The first-order valence-corrected chi connectivity index (χ1v) is 13.4. The van der Waals surface area contributed by atoms with Gasteiger partial charge in [0.15, 0.2) is 5.82 Å². The number of anilines is 2. The van der Waals surface area contributed by atoms with Gasteiger partial charge < -0.3 is 19.6 Å². The van der Waals surface area contributed by atoms with Gasteiger partial charge in [-0.05, 0) is 57.6 Å². The predicted octanol–water partition coefficient (Wildman–Crippen LogP) is 4.79. The number of hydrogen-bond donors (Lipinski definition) is 1. The molecular weight excluding hydrogens is 464 g/mol. The number of benzene rings is 1. The molecule has 3 heterocycles. The SMILES string of the molecule is CC(C)N1CCN(c2cccc(Cl)c2NC(=O)N2CCC(C)(c3noc(CC4CC4)n3)CC2)CC1. The quantitative estimate of drug-likeness (QED) is 0.614. The molecule has 9 heteroatoms. The van der Waals surface area contributed by atoms with E-state index in [1.807, 2.05) is 17.0 Å². The van der Waals surface area contributed by atoms with Gasteiger partial charge in [0.25, 0.3) is 0 Å². The third-order valence-electron chi connectivity index (χ3n) is 7.93. The van der Waals surface area contributed by atoms with Gasteiger partial charge in [0.2, 0.25) is 5.89 Å². The van der Waals surface area contributed by atoms with E-state index in [2.05, 4.69) is 47.1 Å². The highest BCUT2D eigenvalue weighted by molar-refractivity contribution is 6.34. The van der Waals surface area contributed by atoms with E-state index in [-0.39, 0.29) is 11.4 Å². The van der Waals surface area contributed by atoms with Gasteiger partial charge >= 0.3 is 6.03 Å². The van der Waals surface area contributed by atoms with Crippen LogP contribution < -0.4 is 10.2 Å². The average Bonchev–Trinajstić information content (AvgIpc) is 3.54. The molecule has 35 heavy (non-hydrogen) atoms. The number of urea groups is 1. The zero-order valence-electron chi connectivity index (χ0n) is 21.1. The summed E-state index contributed by atoms with van der Waals surface area (Å²) in [4.78, 5) is 24.6. The van der Waals surface area contributed by atoms with Crippen molar-refractivity contribution in [1.29, 1.82) is 0 Å². The Morgan fingerprint density at radius 2 is 1.89 bits per heavy atom. The summed E-state index contributed by atoms with van der Waals surface area (Å²) < 4.78 is 5.51. The number of hydrogen-bond acceptors (Lipinski definition) is 6. The van der Waals surface area contributed by atoms with Crippen molar-refractivity contribution in [3.63, 3.8) is 0 Å². The maximum absolute atomic E-state index is 13.3. The molecule has 2 aliphatic heterocycles. The third-order valence-corrected chi connectivity index (χ3v) is 8.25. The van der Waals surface area contributed by atoms with Crippen LogP contribution in [-0.4, -0.2) is 71.3 Å². The maximum atomic E-state index is 13.3. The van der Waals surface area contributed by atoms with Gasteiger partial charge in [0.05, 0.1) is 16.4 Å². The Labute approximate surface area is 213 Å². The highest BCUT2D eigenvalue weighted by Gasteiger charge is 2.38. The van der Waals surface area contributed by atoms with E-state index in [9.17, 15) is 4.79 Å². The smallest absolute Gasteiger partial charge is 0.321 e. The molecule has 2 saturated heterocycles. The van der Waals surface area contributed by atoms with Crippen LogP contribution in [0.3, 0.4) is 0 Å². The lowest BCUT2D eigenvalue weighted by atomic mass is 9.80. The summed E-state index contributed by atoms with van der Waals surface area (Å²) in [7, 11) is 0. The van der Waals surface area contributed by atoms with E-state index < -0.39 is 0 Å². The number of likely N-dealkylation sites (tertiary alicyclic amines) is 1. The highest BCUT2D eigenvalue weighted by atomic mass is 35.5. The molecule has 0 radical (unpaired) electrons. The first-order valence-electron chi connectivity index (χ1n) is 13.0. The Morgan fingerprint density at radius 3 is 2.54 bits per heavy atom. The van der Waals surface area contributed by atoms with E-state index in [1.54, 1.807) is 0 Å². The molecular formula is C26H37ClN6O2. The van der Waals surface area contributed by atoms with Crippen LogP contribution >= 0.6 is 11.6 Å². The van der Waals surface area contributed by atoms with Gasteiger partial charge in [-0.15, -0.1) is 0 Å². The van der Waals surface area contributed by atoms with Gasteiger partial charge in [-0.3, -0.25) is 4.90 Å². The molecule has 1 N–H and O–H groups in total. The fourth-order valence-corrected chi connectivity index (χ4v) is 5.36. The van der Waals surface area contributed by atoms with Crippen LogP contribution in [0.2, 0.25) is 5.02 Å². The van der Waals surface area contributed by atoms with Gasteiger partial charge in [0.1, 0.15) is 0 Å². The van der Waals surface area contributed by atoms with Crippen LogP contribution in [0.4, 0.5) is 16.2 Å². The number of rotatable bonds is 6. The molecule has 2 amide bonds. The number of para-hydroxylation sites is 1. The molecule has 190 valence electrons. The molecule has 1 aromatic heterocycles. The monoisotopic (exact) mass is 500 g/mol. The Kier molecular flexibility index (Phi) is 6.95. The minimum absolute atomic E-state index is 0.107. The third kappa shape index (κ3) is 5.43. The predicted molar refractivity (Wildman–Crippen MR) is 138 cm³/mol. The van der Waals surface area contributed by atoms with E-state index >= 15 is 0 Å². The second-order valence-corrected chi connectivity index (χ2v) is 11.3. The fourth-order valence-electron chi connectivity index (χ4n) is 5.14. The molecule has 0 unspecified atom stereocenters. The Morgan fingerprint density at radius 1 is 1.17 bits per heavy atom. The van der Waals surface area contributed by atoms with Crippen molar-refractivity contribution < 1.29 is 9.32 Å². The number of halogens is 1. The number of nitrogens with zero attached hydrogens (tertiary/aromatic N) is 5. The van der Waals surface area contributed by atoms with Crippen molar-refractivity contribution in [3.05, 3.63) is 34.9 Å². The molecule has 0 bridgehead atoms. The van der Waals surface area contributed by atoms with E-state index in [4.69, 9.17) is 21.1 Å². The molecule has 0 spiro atoms. The van der Waals surface area contributed by atoms with Gasteiger partial charge in [-0.2, -0.15) is 4.98 Å². The van der Waals surface area contributed by atoms with Gasteiger partial charge in [0, 0.05) is 57.1 Å². The van der Waals surface area contributed by atoms with Crippen LogP contribution in [0, 0.1) is 5.92 Å². The van der Waals surface area contributed by atoms with E-state index in [1.165, 1.54) is 12.8 Å². The summed E-state index contributed by atoms with van der Waals surface area (Å²) in [5.41, 5.74) is 1.52. The molecule has 1 saturated carbocycles. The summed E-state index contributed by atoms with van der Waals surface area (Å²) in [5, 5.41) is 7.99. The van der Waals surface area contributed by atoms with Crippen molar-refractivity contribution in [2.75, 3.05) is 49.5 Å². The van der Waals surface area contributed by atoms with Crippen molar-refractivity contribution in [2.24, 2.45) is 5.92 Å². The average molecular weight is 501 g/mol. The van der Waals surface area contributed by atoms with E-state index in [0.29, 0.717) is 29.8 Å². The minimum Gasteiger partial charge on any atom is -0.367 e. The summed E-state index contributed by atoms with van der Waals surface area (Å²) >= 11 is 6.58. The lowest BCUT2D eigenvalue weighted by Crippen LogP contribution is -2.49. The second-order valence-electron chi connectivity index (χ2n) is 10.9. The number of nitrogens with one attached hydrogen (secondary N) is 1. The van der Waals surface area contributed by atoms with Crippen molar-refractivity contribution in [2.45, 2.75) is 64.3 Å². The maximum Gasteiger partial charge on any atom is 0.321 e. The van der Waals surface area contributed by atoms with Crippen LogP contribution in [0.25, 0.3) is 0 Å². The van der Waals surface area contributed by atoms with Gasteiger partial charge in [-0.1, -0.05) is 29.7 Å². The standard InChI is InChI=1S/C26H37ClN6O2/c1-18(2)31-13-15-32(16-14-31)21-6-4-5-20(27)23(21)29-25(34)33-11-9-26(3,10-12-33)24-28-22(35-30-24)17-19-7-8-19/h4-6,18-19H,7-17H2,1-3H3,(H,29,34). The Bertz CT molecular complexity index is 1040. The van der Waals surface area contributed by atoms with Crippen molar-refractivity contribution in [3.8, 4) is 0 Å². The topological polar surface area (TPSA) is 77.7 Å². The summed E-state index contributed by atoms with van der Waals surface area (Å²) in [6, 6.07) is 6.28. The van der Waals surface area contributed by atoms with Crippen LogP contribution in [0.1, 0.15) is 58.2 Å². The van der Waals surface area contributed by atoms with Gasteiger partial charge in [-0.25, -0.2) is 4.79 Å². The number of piperidine rings is 1. The fraction of sp³-hybridized carbons (Fsp3) is 0.654. The summed E-state index contributed by atoms with van der Waals surface area (Å²) in [6.07, 6.45) is 5.02. The molecule has 1 aliphatic carbocycles. The lowest BCUT2D eigenvalue weighted by Gasteiger charge is -2.39. The summed E-state index contributed by atoms with van der Waals surface area (Å²) in [5.74, 6) is 2.25. The number of piperazine rings is 1.